The molecule has 0 spiro atoms. The van der Waals surface area contributed by atoms with Crippen molar-refractivity contribution in [2.24, 2.45) is 0 Å². The highest BCUT2D eigenvalue weighted by molar-refractivity contribution is 7.89. The first-order chi connectivity index (χ1) is 13.7. The van der Waals surface area contributed by atoms with Gasteiger partial charge in [0.2, 0.25) is 10.0 Å². The Morgan fingerprint density at radius 2 is 1.90 bits per heavy atom. The molecule has 1 N–H and O–H groups in total. The van der Waals surface area contributed by atoms with E-state index in [1.165, 1.54) is 22.4 Å². The third kappa shape index (κ3) is 4.33. The number of ether oxygens (including phenoxy) is 1. The van der Waals surface area contributed by atoms with E-state index in [0.29, 0.717) is 6.07 Å². The number of rotatable bonds is 4. The van der Waals surface area contributed by atoms with Crippen LogP contribution in [0.2, 0.25) is 0 Å². The molecule has 2 aromatic rings. The molecular weight excluding hydrogens is 404 g/mol. The number of carbonyl (C=O) groups excluding carboxylic acids is 1. The van der Waals surface area contributed by atoms with E-state index >= 15 is 0 Å². The fourth-order valence-electron chi connectivity index (χ4n) is 3.23. The summed E-state index contributed by atoms with van der Waals surface area (Å²) in [5, 5.41) is 2.39. The number of carbonyl (C=O) groups is 1. The number of hydrogen-bond donors (Lipinski definition) is 1. The molecule has 3 rings (SSSR count). The minimum absolute atomic E-state index is 0.0561. The minimum Gasteiger partial charge on any atom is -0.495 e. The van der Waals surface area contributed by atoms with Gasteiger partial charge in [0.25, 0.3) is 0 Å². The van der Waals surface area contributed by atoms with E-state index < -0.39 is 33.7 Å². The fraction of sp³-hybridized carbons (Fsp3) is 0.316. The number of anilines is 1. The Morgan fingerprint density at radius 1 is 1.17 bits per heavy atom. The predicted molar refractivity (Wildman–Crippen MR) is 103 cm³/mol. The van der Waals surface area contributed by atoms with Crippen LogP contribution < -0.4 is 10.1 Å². The van der Waals surface area contributed by atoms with Gasteiger partial charge in [-0.1, -0.05) is 12.1 Å². The van der Waals surface area contributed by atoms with E-state index in [-0.39, 0.29) is 36.0 Å². The number of nitrogens with one attached hydrogen (secondary N) is 1. The predicted octanol–water partition coefficient (Wildman–Crippen LogP) is 2.90. The molecule has 156 valence electrons. The second-order valence-corrected chi connectivity index (χ2v) is 8.47. The molecule has 10 heteroatoms. The Bertz CT molecular complexity index is 1020. The van der Waals surface area contributed by atoms with Gasteiger partial charge in [-0.15, -0.1) is 0 Å². The molecule has 2 amide bonds. The summed E-state index contributed by atoms with van der Waals surface area (Å²) in [5.41, 5.74) is -0.145. The summed E-state index contributed by atoms with van der Waals surface area (Å²) in [4.78, 5) is 13.9. The molecule has 0 unspecified atom stereocenters. The van der Waals surface area contributed by atoms with Crippen LogP contribution in [-0.4, -0.2) is 56.4 Å². The van der Waals surface area contributed by atoms with Crippen molar-refractivity contribution in [2.45, 2.75) is 17.9 Å². The number of amides is 2. The zero-order chi connectivity index (χ0) is 21.2. The molecule has 1 heterocycles. The number of nitrogens with zero attached hydrogens (tertiary/aromatic N) is 2. The van der Waals surface area contributed by atoms with Gasteiger partial charge in [0.05, 0.1) is 12.8 Å². The Labute approximate surface area is 167 Å². The van der Waals surface area contributed by atoms with E-state index in [4.69, 9.17) is 4.74 Å². The highest BCUT2D eigenvalue weighted by Crippen LogP contribution is 2.29. The van der Waals surface area contributed by atoms with Crippen molar-refractivity contribution >= 4 is 21.7 Å². The monoisotopic (exact) mass is 425 g/mol. The van der Waals surface area contributed by atoms with Crippen molar-refractivity contribution < 1.29 is 26.7 Å². The lowest BCUT2D eigenvalue weighted by Gasteiger charge is -2.38. The largest absolute Gasteiger partial charge is 0.495 e. The van der Waals surface area contributed by atoms with Gasteiger partial charge in [-0.25, -0.2) is 22.0 Å². The summed E-state index contributed by atoms with van der Waals surface area (Å²) in [6, 6.07) is 8.08. The second-order valence-electron chi connectivity index (χ2n) is 6.62. The minimum atomic E-state index is -3.83. The maximum absolute atomic E-state index is 13.8. The Balaban J connectivity index is 1.72. The molecular formula is C19H21F2N3O4S. The van der Waals surface area contributed by atoms with E-state index in [9.17, 15) is 22.0 Å². The van der Waals surface area contributed by atoms with Crippen LogP contribution in [0.4, 0.5) is 19.3 Å². The molecule has 2 aromatic carbocycles. The number of para-hydroxylation sites is 1. The van der Waals surface area contributed by atoms with Crippen LogP contribution in [0.15, 0.2) is 47.4 Å². The fourth-order valence-corrected chi connectivity index (χ4v) is 5.00. The van der Waals surface area contributed by atoms with Crippen LogP contribution in [0.25, 0.3) is 0 Å². The standard InChI is InChI=1S/C19H21F2N3O4S/c1-13-12-23(19(25)22-16-8-7-14(20)11-15(16)21)9-10-24(13)29(26,27)18-6-4-3-5-17(18)28-2/h3-8,11,13H,9-10,12H2,1-2H3,(H,22,25)/t13-/m0/s1. The van der Waals surface area contributed by atoms with E-state index in [1.807, 2.05) is 0 Å². The molecule has 0 aliphatic carbocycles. The van der Waals surface area contributed by atoms with Gasteiger partial charge in [0, 0.05) is 31.7 Å². The Hall–Kier alpha value is -2.72. The van der Waals surface area contributed by atoms with E-state index in [2.05, 4.69) is 5.32 Å². The summed E-state index contributed by atoms with van der Waals surface area (Å²) < 4.78 is 59.4. The number of halogens is 2. The molecule has 1 aliphatic rings. The van der Waals surface area contributed by atoms with Gasteiger partial charge in [-0.2, -0.15) is 4.31 Å². The summed E-state index contributed by atoms with van der Waals surface area (Å²) in [7, 11) is -2.43. The second kappa shape index (κ2) is 8.34. The van der Waals surface area contributed by atoms with Gasteiger partial charge < -0.3 is 15.0 Å². The number of hydrogen-bond acceptors (Lipinski definition) is 4. The van der Waals surface area contributed by atoms with Crippen LogP contribution in [0.3, 0.4) is 0 Å². The van der Waals surface area contributed by atoms with Crippen molar-refractivity contribution in [3.05, 3.63) is 54.1 Å². The first-order valence-corrected chi connectivity index (χ1v) is 10.3. The average molecular weight is 425 g/mol. The Morgan fingerprint density at radius 3 is 2.55 bits per heavy atom. The average Bonchev–Trinajstić information content (AvgIpc) is 2.69. The molecule has 1 fully saturated rings. The number of urea groups is 1. The van der Waals surface area contributed by atoms with Crippen LogP contribution in [0.5, 0.6) is 5.75 Å². The lowest BCUT2D eigenvalue weighted by atomic mass is 10.2. The molecule has 1 aliphatic heterocycles. The Kier molecular flexibility index (Phi) is 6.04. The number of benzene rings is 2. The van der Waals surface area contributed by atoms with Crippen LogP contribution in [-0.2, 0) is 10.0 Å². The molecule has 0 radical (unpaired) electrons. The molecule has 29 heavy (non-hydrogen) atoms. The first kappa shape index (κ1) is 21.0. The van der Waals surface area contributed by atoms with Crippen LogP contribution >= 0.6 is 0 Å². The summed E-state index contributed by atoms with van der Waals surface area (Å²) in [6.07, 6.45) is 0. The smallest absolute Gasteiger partial charge is 0.322 e. The number of methoxy groups -OCH3 is 1. The van der Waals surface area contributed by atoms with Gasteiger partial charge >= 0.3 is 6.03 Å². The van der Waals surface area contributed by atoms with E-state index in [0.717, 1.165) is 12.1 Å². The molecule has 1 saturated heterocycles. The number of piperazine rings is 1. The number of sulfonamides is 1. The lowest BCUT2D eigenvalue weighted by Crippen LogP contribution is -2.56. The third-order valence-corrected chi connectivity index (χ3v) is 6.74. The molecule has 0 saturated carbocycles. The zero-order valence-electron chi connectivity index (χ0n) is 15.9. The highest BCUT2D eigenvalue weighted by atomic mass is 32.2. The van der Waals surface area contributed by atoms with Crippen molar-refractivity contribution in [2.75, 3.05) is 32.1 Å². The summed E-state index contributed by atoms with van der Waals surface area (Å²) in [5.74, 6) is -1.39. The van der Waals surface area contributed by atoms with Crippen molar-refractivity contribution in [3.8, 4) is 5.75 Å². The highest BCUT2D eigenvalue weighted by Gasteiger charge is 2.36. The first-order valence-electron chi connectivity index (χ1n) is 8.90. The van der Waals surface area contributed by atoms with Crippen molar-refractivity contribution in [3.63, 3.8) is 0 Å². The van der Waals surface area contributed by atoms with Gasteiger partial charge in [0.1, 0.15) is 22.3 Å². The van der Waals surface area contributed by atoms with Gasteiger partial charge in [-0.05, 0) is 31.2 Å². The van der Waals surface area contributed by atoms with E-state index in [1.54, 1.807) is 25.1 Å². The summed E-state index contributed by atoms with van der Waals surface area (Å²) >= 11 is 0. The SMILES string of the molecule is COc1ccccc1S(=O)(=O)N1CCN(C(=O)Nc2ccc(F)cc2F)C[C@@H]1C. The van der Waals surface area contributed by atoms with Crippen molar-refractivity contribution in [1.82, 2.24) is 9.21 Å². The lowest BCUT2D eigenvalue weighted by molar-refractivity contribution is 0.157. The molecule has 7 nitrogen and oxygen atoms in total. The zero-order valence-corrected chi connectivity index (χ0v) is 16.7. The molecule has 0 bridgehead atoms. The van der Waals surface area contributed by atoms with Crippen LogP contribution in [0.1, 0.15) is 6.92 Å². The topological polar surface area (TPSA) is 79.0 Å². The normalized spacial score (nSPS) is 17.8. The molecule has 0 aromatic heterocycles. The van der Waals surface area contributed by atoms with Gasteiger partial charge in [0.15, 0.2) is 0 Å². The van der Waals surface area contributed by atoms with Gasteiger partial charge in [-0.3, -0.25) is 0 Å². The quantitative estimate of drug-likeness (QED) is 0.817. The van der Waals surface area contributed by atoms with Crippen molar-refractivity contribution in [1.29, 1.82) is 0 Å². The third-order valence-electron chi connectivity index (χ3n) is 4.68. The maximum Gasteiger partial charge on any atom is 0.322 e. The maximum atomic E-state index is 13.8. The molecule has 1 atom stereocenters. The summed E-state index contributed by atoms with van der Waals surface area (Å²) in [6.45, 7) is 1.99. The van der Waals surface area contributed by atoms with Crippen LogP contribution in [0, 0.1) is 11.6 Å².